The Morgan fingerprint density at radius 1 is 0.356 bits per heavy atom. The summed E-state index contributed by atoms with van der Waals surface area (Å²) in [5.74, 6) is -0.487. The second-order valence-corrected chi connectivity index (χ2v) is 10.4. The minimum atomic E-state index is -0.487. The summed E-state index contributed by atoms with van der Waals surface area (Å²) < 4.78 is 13.5. The molecule has 4 aromatic carbocycles. The van der Waals surface area contributed by atoms with Gasteiger partial charge in [-0.05, 0) is 111 Å². The van der Waals surface area contributed by atoms with E-state index in [4.69, 9.17) is 0 Å². The molecule has 3 aromatic heterocycles. The first-order chi connectivity index (χ1) is 22.2. The zero-order valence-electron chi connectivity index (χ0n) is 25.2. The molecule has 0 aliphatic rings. The summed E-state index contributed by atoms with van der Waals surface area (Å²) in [4.78, 5) is 12.5. The van der Waals surface area contributed by atoms with Crippen molar-refractivity contribution in [3.8, 4) is 66.8 Å². The molecular weight excluding hydrogens is 553 g/mol. The lowest BCUT2D eigenvalue weighted by Crippen LogP contribution is -1.89. The second-order valence-electron chi connectivity index (χ2n) is 10.4. The summed E-state index contributed by atoms with van der Waals surface area (Å²) >= 11 is 0. The molecule has 0 radical (unpaired) electrons. The topological polar surface area (TPSA) is 38.7 Å². The molecule has 0 saturated carbocycles. The van der Waals surface area contributed by atoms with E-state index >= 15 is 0 Å². The van der Waals surface area contributed by atoms with Gasteiger partial charge in [0.1, 0.15) is 0 Å². The molecule has 218 valence electrons. The highest BCUT2D eigenvalue weighted by Crippen LogP contribution is 2.36. The van der Waals surface area contributed by atoms with Crippen LogP contribution in [0.3, 0.4) is 0 Å². The summed E-state index contributed by atoms with van der Waals surface area (Å²) in [5.41, 5.74) is 12.8. The van der Waals surface area contributed by atoms with Crippen LogP contribution in [0.2, 0.25) is 0 Å². The van der Waals surface area contributed by atoms with Crippen LogP contribution in [0.15, 0.2) is 158 Å². The van der Waals surface area contributed by atoms with Crippen molar-refractivity contribution in [2.24, 2.45) is 0 Å². The first-order valence-corrected chi connectivity index (χ1v) is 15.1. The average molecular weight is 586 g/mol. The van der Waals surface area contributed by atoms with Crippen LogP contribution in [0.5, 0.6) is 0 Å². The molecule has 7 aromatic rings. The van der Waals surface area contributed by atoms with E-state index in [2.05, 4.69) is 106 Å². The van der Waals surface area contributed by atoms with Gasteiger partial charge in [-0.25, -0.2) is 4.98 Å². The molecule has 0 amide bonds. The summed E-state index contributed by atoms with van der Waals surface area (Å²) in [7, 11) is 0. The summed E-state index contributed by atoms with van der Waals surface area (Å²) in [6.07, 6.45) is 8.93. The van der Waals surface area contributed by atoms with Crippen LogP contribution in [-0.2, 0) is 0 Å². The van der Waals surface area contributed by atoms with Gasteiger partial charge in [-0.2, -0.15) is 4.39 Å². The molecule has 3 heterocycles. The predicted molar refractivity (Wildman–Crippen MR) is 184 cm³/mol. The second kappa shape index (κ2) is 13.7. The van der Waals surface area contributed by atoms with Gasteiger partial charge in [0.15, 0.2) is 0 Å². The Balaban J connectivity index is 0.00000175. The largest absolute Gasteiger partial charge is 0.264 e. The van der Waals surface area contributed by atoms with Crippen molar-refractivity contribution < 1.29 is 4.39 Å². The number of hydrogen-bond donors (Lipinski definition) is 0. The highest BCUT2D eigenvalue weighted by atomic mass is 19.1. The van der Waals surface area contributed by atoms with Gasteiger partial charge >= 0.3 is 0 Å². The highest BCUT2D eigenvalue weighted by molar-refractivity contribution is 5.85. The first-order valence-electron chi connectivity index (χ1n) is 15.1. The Hall–Kier alpha value is -5.74. The third kappa shape index (κ3) is 6.76. The Bertz CT molecular complexity index is 1920. The number of pyridine rings is 3. The van der Waals surface area contributed by atoms with Gasteiger partial charge in [-0.1, -0.05) is 80.6 Å². The maximum atomic E-state index is 13.5. The summed E-state index contributed by atoms with van der Waals surface area (Å²) in [5, 5.41) is 0. The Labute approximate surface area is 263 Å². The van der Waals surface area contributed by atoms with Crippen LogP contribution >= 0.6 is 0 Å². The molecule has 45 heavy (non-hydrogen) atoms. The normalized spacial score (nSPS) is 10.6. The molecule has 7 rings (SSSR count). The van der Waals surface area contributed by atoms with Crippen molar-refractivity contribution in [3.05, 3.63) is 164 Å². The smallest absolute Gasteiger partial charge is 0.212 e. The fourth-order valence-electron chi connectivity index (χ4n) is 5.38. The molecule has 0 aliphatic carbocycles. The average Bonchev–Trinajstić information content (AvgIpc) is 3.13. The quantitative estimate of drug-likeness (QED) is 0.182. The number of rotatable bonds is 6. The van der Waals surface area contributed by atoms with Crippen molar-refractivity contribution in [2.45, 2.75) is 13.8 Å². The van der Waals surface area contributed by atoms with E-state index in [-0.39, 0.29) is 0 Å². The Morgan fingerprint density at radius 2 is 0.689 bits per heavy atom. The van der Waals surface area contributed by atoms with E-state index < -0.39 is 5.95 Å². The predicted octanol–water partition coefficient (Wildman–Crippen LogP) is 11.0. The van der Waals surface area contributed by atoms with Crippen LogP contribution in [-0.4, -0.2) is 15.0 Å². The number of halogens is 1. The van der Waals surface area contributed by atoms with Crippen molar-refractivity contribution in [1.29, 1.82) is 0 Å². The van der Waals surface area contributed by atoms with Gasteiger partial charge in [0.05, 0.1) is 0 Å². The van der Waals surface area contributed by atoms with Crippen LogP contribution in [0.25, 0.3) is 66.8 Å². The number of nitrogens with zero attached hydrogens (tertiary/aromatic N) is 3. The molecule has 0 N–H and O–H groups in total. The highest BCUT2D eigenvalue weighted by Gasteiger charge is 2.11. The third-order valence-electron chi connectivity index (χ3n) is 7.57. The fourth-order valence-corrected chi connectivity index (χ4v) is 5.38. The molecule has 4 heteroatoms. The monoisotopic (exact) mass is 585 g/mol. The minimum absolute atomic E-state index is 0.487. The van der Waals surface area contributed by atoms with Crippen molar-refractivity contribution in [1.82, 2.24) is 15.0 Å². The van der Waals surface area contributed by atoms with Gasteiger partial charge in [-0.15, -0.1) is 0 Å². The Morgan fingerprint density at radius 3 is 1.02 bits per heavy atom. The molecule has 0 unspecified atom stereocenters. The van der Waals surface area contributed by atoms with Crippen molar-refractivity contribution in [3.63, 3.8) is 0 Å². The van der Waals surface area contributed by atoms with Gasteiger partial charge in [0.25, 0.3) is 0 Å². The zero-order valence-corrected chi connectivity index (χ0v) is 25.2. The summed E-state index contributed by atoms with van der Waals surface area (Å²) in [6.45, 7) is 4.00. The molecular formula is C41H32FN3. The number of aromatic nitrogens is 3. The van der Waals surface area contributed by atoms with Crippen molar-refractivity contribution in [2.75, 3.05) is 0 Å². The SMILES string of the molecule is CC.Fc1ccc(-c2cccc(-c3cc(-c4cccc(-c5cccnc5)c4)cc(-c4cccc(-c5cccnc5)c4)c3)c2)cn1. The summed E-state index contributed by atoms with van der Waals surface area (Å²) in [6, 6.07) is 43.4. The van der Waals surface area contributed by atoms with E-state index in [9.17, 15) is 4.39 Å². The lowest BCUT2D eigenvalue weighted by molar-refractivity contribution is 0.584. The maximum absolute atomic E-state index is 13.5. The molecule has 0 bridgehead atoms. The molecule has 0 spiro atoms. The van der Waals surface area contributed by atoms with E-state index in [0.29, 0.717) is 0 Å². The van der Waals surface area contributed by atoms with Crippen LogP contribution in [0.1, 0.15) is 13.8 Å². The van der Waals surface area contributed by atoms with Gasteiger partial charge < -0.3 is 0 Å². The standard InChI is InChI=1S/C39H26FN3.C2H6/c40-39-15-14-35(26-43-39)29-8-3-11-32(20-29)38-22-36(30-9-1-6-27(18-30)33-12-4-16-41-24-33)21-37(23-38)31-10-2-7-28(19-31)34-13-5-17-42-25-34;1-2/h1-26H;1-2H3. The minimum Gasteiger partial charge on any atom is -0.264 e. The number of benzene rings is 4. The van der Waals surface area contributed by atoms with Gasteiger partial charge in [-0.3, -0.25) is 9.97 Å². The van der Waals surface area contributed by atoms with E-state index in [1.165, 1.54) is 6.07 Å². The molecule has 0 atom stereocenters. The lowest BCUT2D eigenvalue weighted by atomic mass is 9.91. The Kier molecular flexibility index (Phi) is 8.93. The van der Waals surface area contributed by atoms with E-state index in [0.717, 1.165) is 66.8 Å². The number of hydrogen-bond acceptors (Lipinski definition) is 3. The van der Waals surface area contributed by atoms with Gasteiger partial charge in [0.2, 0.25) is 5.95 Å². The van der Waals surface area contributed by atoms with Crippen LogP contribution in [0, 0.1) is 5.95 Å². The molecule has 0 fully saturated rings. The first kappa shape index (κ1) is 29.3. The maximum Gasteiger partial charge on any atom is 0.212 e. The van der Waals surface area contributed by atoms with E-state index in [1.54, 1.807) is 24.7 Å². The molecule has 0 saturated heterocycles. The zero-order chi connectivity index (χ0) is 31.0. The fraction of sp³-hybridized carbons (Fsp3) is 0.0488. The van der Waals surface area contributed by atoms with Crippen LogP contribution < -0.4 is 0 Å². The van der Waals surface area contributed by atoms with Crippen molar-refractivity contribution >= 4 is 0 Å². The molecule has 3 nitrogen and oxygen atoms in total. The van der Waals surface area contributed by atoms with Crippen LogP contribution in [0.4, 0.5) is 4.39 Å². The molecule has 0 aliphatic heterocycles. The lowest BCUT2D eigenvalue weighted by Gasteiger charge is -2.14. The van der Waals surface area contributed by atoms with Gasteiger partial charge in [0, 0.05) is 47.7 Å². The third-order valence-corrected chi connectivity index (χ3v) is 7.57. The van der Waals surface area contributed by atoms with E-state index in [1.807, 2.05) is 50.5 Å².